The summed E-state index contributed by atoms with van der Waals surface area (Å²) in [6.07, 6.45) is 0.480. The van der Waals surface area contributed by atoms with Crippen molar-refractivity contribution in [2.75, 3.05) is 0 Å². The van der Waals surface area contributed by atoms with Gasteiger partial charge in [0.2, 0.25) is 10.5 Å². The molecule has 0 amide bonds. The molecular weight excluding hydrogens is 300 g/mol. The molecule has 0 saturated heterocycles. The normalized spacial score (nSPS) is 9.96. The monoisotopic (exact) mass is 318 g/mol. The first kappa shape index (κ1) is 16.6. The van der Waals surface area contributed by atoms with Crippen molar-refractivity contribution in [2.45, 2.75) is 13.3 Å². The predicted molar refractivity (Wildman–Crippen MR) is 95.4 cm³/mol. The molecule has 114 valence electrons. The molecule has 0 atom stereocenters. The van der Waals surface area contributed by atoms with Crippen molar-refractivity contribution < 1.29 is 9.22 Å². The lowest BCUT2D eigenvalue weighted by molar-refractivity contribution is -0.139. The van der Waals surface area contributed by atoms with E-state index in [-0.39, 0.29) is 5.97 Å². The van der Waals surface area contributed by atoms with Gasteiger partial charge in [0.15, 0.2) is 5.41 Å². The van der Waals surface area contributed by atoms with E-state index in [9.17, 15) is 4.79 Å². The Balaban J connectivity index is 2.43. The van der Waals surface area contributed by atoms with Gasteiger partial charge in [-0.1, -0.05) is 67.0 Å². The maximum atomic E-state index is 12.3. The smallest absolute Gasteiger partial charge is 0.322 e. The molecule has 2 rings (SSSR count). The second-order valence-electron chi connectivity index (χ2n) is 4.98. The fraction of sp³-hybridized carbons (Fsp3) is 0.150. The van der Waals surface area contributed by atoms with Crippen LogP contribution >= 0.6 is 0 Å². The third kappa shape index (κ3) is 4.36. The predicted octanol–water partition coefficient (Wildman–Crippen LogP) is 2.31. The number of rotatable bonds is 2. The standard InChI is InChI=1S/C20H18O2Si/c1-2-20(19(21)22-23,15-13-17-9-5-3-6-10-17)16-14-18-11-7-4-8-12-18/h3-12H,2H2,1,23H3. The van der Waals surface area contributed by atoms with Crippen molar-refractivity contribution in [3.8, 4) is 23.7 Å². The number of hydrogen-bond acceptors (Lipinski definition) is 2. The summed E-state index contributed by atoms with van der Waals surface area (Å²) in [5.41, 5.74) is 0.619. The Hall–Kier alpha value is -2.75. The zero-order valence-corrected chi connectivity index (χ0v) is 15.3. The van der Waals surface area contributed by atoms with Gasteiger partial charge in [0.05, 0.1) is 0 Å². The second-order valence-corrected chi connectivity index (χ2v) is 5.39. The minimum Gasteiger partial charge on any atom is -0.527 e. The van der Waals surface area contributed by atoms with Crippen LogP contribution in [0.5, 0.6) is 0 Å². The molecule has 0 aliphatic rings. The van der Waals surface area contributed by atoms with Crippen molar-refractivity contribution >= 4 is 16.5 Å². The SMILES string of the molecule is CCC(C#Cc1ccccc1)(C#Cc1ccccc1)C(=O)O[SiH3]. The summed E-state index contributed by atoms with van der Waals surface area (Å²) in [6.45, 7) is 1.90. The summed E-state index contributed by atoms with van der Waals surface area (Å²) in [5, 5.41) is 0. The summed E-state index contributed by atoms with van der Waals surface area (Å²) < 4.78 is 5.08. The van der Waals surface area contributed by atoms with E-state index in [2.05, 4.69) is 23.7 Å². The molecule has 2 aromatic carbocycles. The first-order chi connectivity index (χ1) is 11.2. The van der Waals surface area contributed by atoms with Crippen molar-refractivity contribution in [1.29, 1.82) is 0 Å². The molecule has 0 aliphatic carbocycles. The molecule has 0 bridgehead atoms. The van der Waals surface area contributed by atoms with E-state index in [1.54, 1.807) is 0 Å². The molecule has 0 aromatic heterocycles. The molecule has 0 heterocycles. The van der Waals surface area contributed by atoms with Crippen LogP contribution in [-0.2, 0) is 9.22 Å². The lowest BCUT2D eigenvalue weighted by atomic mass is 9.86. The van der Waals surface area contributed by atoms with Crippen LogP contribution < -0.4 is 0 Å². The van der Waals surface area contributed by atoms with E-state index in [1.807, 2.05) is 67.6 Å². The molecular formula is C20H18O2Si. The highest BCUT2D eigenvalue weighted by Crippen LogP contribution is 2.22. The summed E-state index contributed by atoms with van der Waals surface area (Å²) in [7, 11) is 0.328. The summed E-state index contributed by atoms with van der Waals surface area (Å²) >= 11 is 0. The van der Waals surface area contributed by atoms with Crippen LogP contribution in [0, 0.1) is 29.1 Å². The minimum atomic E-state index is -1.09. The Morgan fingerprint density at radius 3 is 1.74 bits per heavy atom. The van der Waals surface area contributed by atoms with Crippen molar-refractivity contribution in [1.82, 2.24) is 0 Å². The molecule has 23 heavy (non-hydrogen) atoms. The Morgan fingerprint density at radius 1 is 0.957 bits per heavy atom. The molecule has 3 heteroatoms. The summed E-state index contributed by atoms with van der Waals surface area (Å²) in [4.78, 5) is 12.3. The zero-order chi connectivity index (χ0) is 16.5. The van der Waals surface area contributed by atoms with Crippen LogP contribution in [0.25, 0.3) is 0 Å². The first-order valence-corrected chi connectivity index (χ1v) is 8.27. The topological polar surface area (TPSA) is 26.3 Å². The van der Waals surface area contributed by atoms with E-state index in [0.717, 1.165) is 11.1 Å². The number of hydrogen-bond donors (Lipinski definition) is 0. The van der Waals surface area contributed by atoms with E-state index in [1.165, 1.54) is 0 Å². The molecule has 0 aliphatic heterocycles. The van der Waals surface area contributed by atoms with Crippen molar-refractivity contribution in [3.63, 3.8) is 0 Å². The Kier molecular flexibility index (Phi) is 5.80. The van der Waals surface area contributed by atoms with Crippen molar-refractivity contribution in [3.05, 3.63) is 71.8 Å². The summed E-state index contributed by atoms with van der Waals surface area (Å²) in [6, 6.07) is 19.1. The highest BCUT2D eigenvalue weighted by molar-refractivity contribution is 6.07. The van der Waals surface area contributed by atoms with Gasteiger partial charge in [-0.05, 0) is 30.7 Å². The number of carbonyl (C=O) groups is 1. The van der Waals surface area contributed by atoms with Gasteiger partial charge in [-0.2, -0.15) is 0 Å². The molecule has 0 unspecified atom stereocenters. The quantitative estimate of drug-likeness (QED) is 0.627. The Labute approximate surface area is 140 Å². The highest BCUT2D eigenvalue weighted by Gasteiger charge is 2.33. The fourth-order valence-electron chi connectivity index (χ4n) is 2.03. The third-order valence-corrected chi connectivity index (χ3v) is 3.82. The molecule has 0 N–H and O–H groups in total. The average molecular weight is 318 g/mol. The molecule has 0 saturated carbocycles. The van der Waals surface area contributed by atoms with Crippen LogP contribution in [0.2, 0.25) is 0 Å². The molecule has 2 nitrogen and oxygen atoms in total. The van der Waals surface area contributed by atoms with Crippen LogP contribution in [0.3, 0.4) is 0 Å². The van der Waals surface area contributed by atoms with Gasteiger partial charge in [-0.3, -0.25) is 4.79 Å². The lowest BCUT2D eigenvalue weighted by Crippen LogP contribution is -2.29. The first-order valence-electron chi connectivity index (χ1n) is 7.45. The average Bonchev–Trinajstić information content (AvgIpc) is 2.63. The van der Waals surface area contributed by atoms with Gasteiger partial charge in [0.1, 0.15) is 0 Å². The van der Waals surface area contributed by atoms with Crippen molar-refractivity contribution in [2.24, 2.45) is 5.41 Å². The van der Waals surface area contributed by atoms with E-state index in [0.29, 0.717) is 16.9 Å². The zero-order valence-electron chi connectivity index (χ0n) is 13.3. The van der Waals surface area contributed by atoms with Crippen LogP contribution in [0.15, 0.2) is 60.7 Å². The van der Waals surface area contributed by atoms with Gasteiger partial charge >= 0.3 is 5.97 Å². The van der Waals surface area contributed by atoms with E-state index < -0.39 is 5.41 Å². The molecule has 0 radical (unpaired) electrons. The number of benzene rings is 2. The van der Waals surface area contributed by atoms with Gasteiger partial charge in [-0.25, -0.2) is 0 Å². The maximum absolute atomic E-state index is 12.3. The lowest BCUT2D eigenvalue weighted by Gasteiger charge is -2.17. The van der Waals surface area contributed by atoms with Gasteiger partial charge in [-0.15, -0.1) is 0 Å². The molecule has 2 aromatic rings. The fourth-order valence-corrected chi connectivity index (χ4v) is 2.38. The van der Waals surface area contributed by atoms with Gasteiger partial charge in [0, 0.05) is 11.1 Å². The molecule has 0 spiro atoms. The van der Waals surface area contributed by atoms with Crippen LogP contribution in [-0.4, -0.2) is 16.5 Å². The van der Waals surface area contributed by atoms with Crippen LogP contribution in [0.1, 0.15) is 24.5 Å². The van der Waals surface area contributed by atoms with E-state index in [4.69, 9.17) is 4.43 Å². The second kappa shape index (κ2) is 8.03. The molecule has 0 fully saturated rings. The van der Waals surface area contributed by atoms with Gasteiger partial charge in [0.25, 0.3) is 0 Å². The Bertz CT molecular complexity index is 717. The highest BCUT2D eigenvalue weighted by atomic mass is 28.2. The minimum absolute atomic E-state index is 0.328. The summed E-state index contributed by atoms with van der Waals surface area (Å²) in [5.74, 6) is 11.8. The largest absolute Gasteiger partial charge is 0.527 e. The number of carbonyl (C=O) groups excluding carboxylic acids is 1. The maximum Gasteiger partial charge on any atom is 0.322 e. The third-order valence-electron chi connectivity index (χ3n) is 3.45. The van der Waals surface area contributed by atoms with Crippen LogP contribution in [0.4, 0.5) is 0 Å². The van der Waals surface area contributed by atoms with E-state index >= 15 is 0 Å². The van der Waals surface area contributed by atoms with Gasteiger partial charge < -0.3 is 4.43 Å². The Morgan fingerprint density at radius 2 is 1.39 bits per heavy atom.